The standard InChI is InChI=1S/C19H25NO4/c1-14(2)9-11-24-17-8-7-15(12-18(17)22-4)19(21)20(3)13-16-6-5-10-23-16/h5-8,10,12,14H,9,11,13H2,1-4H3. The van der Waals surface area contributed by atoms with E-state index in [4.69, 9.17) is 13.9 Å². The molecular formula is C19H25NO4. The quantitative estimate of drug-likeness (QED) is 0.734. The number of ether oxygens (including phenoxy) is 2. The van der Waals surface area contributed by atoms with Crippen LogP contribution in [0.2, 0.25) is 0 Å². The van der Waals surface area contributed by atoms with Crippen LogP contribution in [0.25, 0.3) is 0 Å². The predicted molar refractivity (Wildman–Crippen MR) is 92.4 cm³/mol. The summed E-state index contributed by atoms with van der Waals surface area (Å²) in [6, 6.07) is 8.91. The first-order valence-electron chi connectivity index (χ1n) is 8.10. The number of benzene rings is 1. The summed E-state index contributed by atoms with van der Waals surface area (Å²) in [7, 11) is 3.32. The van der Waals surface area contributed by atoms with E-state index >= 15 is 0 Å². The van der Waals surface area contributed by atoms with E-state index in [1.54, 1.807) is 49.6 Å². The smallest absolute Gasteiger partial charge is 0.254 e. The predicted octanol–water partition coefficient (Wildman–Crippen LogP) is 3.99. The molecule has 0 saturated heterocycles. The maximum Gasteiger partial charge on any atom is 0.254 e. The molecule has 0 fully saturated rings. The third kappa shape index (κ3) is 4.78. The lowest BCUT2D eigenvalue weighted by Gasteiger charge is -2.17. The number of methoxy groups -OCH3 is 1. The fraction of sp³-hybridized carbons (Fsp3) is 0.421. The van der Waals surface area contributed by atoms with Crippen LogP contribution in [0.3, 0.4) is 0 Å². The molecule has 2 aromatic rings. The summed E-state index contributed by atoms with van der Waals surface area (Å²) >= 11 is 0. The Labute approximate surface area is 143 Å². The molecule has 0 unspecified atom stereocenters. The number of carbonyl (C=O) groups is 1. The van der Waals surface area contributed by atoms with Gasteiger partial charge in [0.25, 0.3) is 5.91 Å². The average molecular weight is 331 g/mol. The minimum Gasteiger partial charge on any atom is -0.493 e. The van der Waals surface area contributed by atoms with Crippen molar-refractivity contribution in [2.24, 2.45) is 5.92 Å². The minimum absolute atomic E-state index is 0.0987. The van der Waals surface area contributed by atoms with Gasteiger partial charge in [0.05, 0.1) is 26.5 Å². The van der Waals surface area contributed by atoms with E-state index in [9.17, 15) is 4.79 Å². The second-order valence-electron chi connectivity index (χ2n) is 6.14. The Balaban J connectivity index is 2.05. The van der Waals surface area contributed by atoms with Crippen molar-refractivity contribution in [3.05, 3.63) is 47.9 Å². The zero-order valence-corrected chi connectivity index (χ0v) is 14.7. The molecule has 130 valence electrons. The molecule has 0 bridgehead atoms. The molecule has 1 amide bonds. The molecule has 1 heterocycles. The molecule has 0 spiro atoms. The van der Waals surface area contributed by atoms with Crippen LogP contribution < -0.4 is 9.47 Å². The molecule has 0 aliphatic rings. The van der Waals surface area contributed by atoms with E-state index in [0.29, 0.717) is 36.1 Å². The van der Waals surface area contributed by atoms with Crippen molar-refractivity contribution < 1.29 is 18.7 Å². The Morgan fingerprint density at radius 3 is 2.67 bits per heavy atom. The Hall–Kier alpha value is -2.43. The number of hydrogen-bond acceptors (Lipinski definition) is 4. The molecule has 0 atom stereocenters. The maximum atomic E-state index is 12.5. The van der Waals surface area contributed by atoms with Crippen LogP contribution in [-0.2, 0) is 6.54 Å². The van der Waals surface area contributed by atoms with Crippen molar-refractivity contribution in [2.45, 2.75) is 26.8 Å². The van der Waals surface area contributed by atoms with Gasteiger partial charge in [-0.15, -0.1) is 0 Å². The monoisotopic (exact) mass is 331 g/mol. The van der Waals surface area contributed by atoms with Crippen molar-refractivity contribution in [1.82, 2.24) is 4.90 Å². The zero-order valence-electron chi connectivity index (χ0n) is 14.7. The number of amides is 1. The first kappa shape index (κ1) is 17.9. The first-order chi connectivity index (χ1) is 11.5. The number of hydrogen-bond donors (Lipinski definition) is 0. The lowest BCUT2D eigenvalue weighted by atomic mass is 10.1. The molecule has 0 radical (unpaired) electrons. The van der Waals surface area contributed by atoms with Crippen molar-refractivity contribution in [1.29, 1.82) is 0 Å². The maximum absolute atomic E-state index is 12.5. The van der Waals surface area contributed by atoms with E-state index in [0.717, 1.165) is 12.2 Å². The van der Waals surface area contributed by atoms with E-state index in [1.807, 2.05) is 6.07 Å². The summed E-state index contributed by atoms with van der Waals surface area (Å²) in [5.41, 5.74) is 0.553. The van der Waals surface area contributed by atoms with Crippen molar-refractivity contribution in [2.75, 3.05) is 20.8 Å². The zero-order chi connectivity index (χ0) is 17.5. The highest BCUT2D eigenvalue weighted by atomic mass is 16.5. The lowest BCUT2D eigenvalue weighted by Crippen LogP contribution is -2.26. The molecule has 0 N–H and O–H groups in total. The van der Waals surface area contributed by atoms with Crippen LogP contribution in [0.5, 0.6) is 11.5 Å². The molecule has 0 aliphatic carbocycles. The van der Waals surface area contributed by atoms with E-state index in [-0.39, 0.29) is 5.91 Å². The van der Waals surface area contributed by atoms with Gasteiger partial charge in [0.1, 0.15) is 5.76 Å². The van der Waals surface area contributed by atoms with Crippen LogP contribution in [0.1, 0.15) is 36.4 Å². The van der Waals surface area contributed by atoms with Crippen molar-refractivity contribution in [3.8, 4) is 11.5 Å². The van der Waals surface area contributed by atoms with E-state index < -0.39 is 0 Å². The lowest BCUT2D eigenvalue weighted by molar-refractivity contribution is 0.0775. The van der Waals surface area contributed by atoms with Crippen LogP contribution in [-0.4, -0.2) is 31.6 Å². The number of furan rings is 1. The van der Waals surface area contributed by atoms with Gasteiger partial charge in [0, 0.05) is 12.6 Å². The molecule has 0 aliphatic heterocycles. The van der Waals surface area contributed by atoms with Gasteiger partial charge in [-0.1, -0.05) is 13.8 Å². The van der Waals surface area contributed by atoms with Crippen LogP contribution >= 0.6 is 0 Å². The SMILES string of the molecule is COc1cc(C(=O)N(C)Cc2ccco2)ccc1OCCC(C)C. The summed E-state index contributed by atoms with van der Waals surface area (Å²) in [6.45, 7) is 5.34. The van der Waals surface area contributed by atoms with Crippen molar-refractivity contribution in [3.63, 3.8) is 0 Å². The summed E-state index contributed by atoms with van der Waals surface area (Å²) < 4.78 is 16.4. The highest BCUT2D eigenvalue weighted by Crippen LogP contribution is 2.29. The molecule has 5 nitrogen and oxygen atoms in total. The summed E-state index contributed by atoms with van der Waals surface area (Å²) in [4.78, 5) is 14.1. The largest absolute Gasteiger partial charge is 0.493 e. The topological polar surface area (TPSA) is 51.9 Å². The first-order valence-corrected chi connectivity index (χ1v) is 8.10. The fourth-order valence-corrected chi connectivity index (χ4v) is 2.25. The van der Waals surface area contributed by atoms with Crippen LogP contribution in [0.15, 0.2) is 41.0 Å². The van der Waals surface area contributed by atoms with Gasteiger partial charge in [-0.25, -0.2) is 0 Å². The third-order valence-electron chi connectivity index (χ3n) is 3.68. The highest BCUT2D eigenvalue weighted by molar-refractivity contribution is 5.94. The molecule has 24 heavy (non-hydrogen) atoms. The molecule has 1 aromatic carbocycles. The average Bonchev–Trinajstić information content (AvgIpc) is 3.07. The van der Waals surface area contributed by atoms with E-state index in [1.165, 1.54) is 0 Å². The number of nitrogens with zero attached hydrogens (tertiary/aromatic N) is 1. The fourth-order valence-electron chi connectivity index (χ4n) is 2.25. The van der Waals surface area contributed by atoms with Crippen molar-refractivity contribution >= 4 is 5.91 Å². The van der Waals surface area contributed by atoms with Gasteiger partial charge in [-0.2, -0.15) is 0 Å². The van der Waals surface area contributed by atoms with Crippen LogP contribution in [0, 0.1) is 5.92 Å². The number of rotatable bonds is 8. The second kappa shape index (κ2) is 8.43. The molecule has 2 rings (SSSR count). The molecular weight excluding hydrogens is 306 g/mol. The Morgan fingerprint density at radius 2 is 2.04 bits per heavy atom. The summed E-state index contributed by atoms with van der Waals surface area (Å²) in [6.07, 6.45) is 2.57. The van der Waals surface area contributed by atoms with E-state index in [2.05, 4.69) is 13.8 Å². The molecule has 1 aromatic heterocycles. The Kier molecular flexibility index (Phi) is 6.29. The highest BCUT2D eigenvalue weighted by Gasteiger charge is 2.16. The van der Waals surface area contributed by atoms with Crippen LogP contribution in [0.4, 0.5) is 0 Å². The Morgan fingerprint density at radius 1 is 1.25 bits per heavy atom. The summed E-state index contributed by atoms with van der Waals surface area (Å²) in [5.74, 6) is 2.44. The van der Waals surface area contributed by atoms with Gasteiger partial charge in [-0.05, 0) is 42.7 Å². The summed E-state index contributed by atoms with van der Waals surface area (Å²) in [5, 5.41) is 0. The molecule has 0 saturated carbocycles. The number of carbonyl (C=O) groups excluding carboxylic acids is 1. The molecule has 5 heteroatoms. The Bertz CT molecular complexity index is 649. The van der Waals surface area contributed by atoms with Gasteiger partial charge >= 0.3 is 0 Å². The van der Waals surface area contributed by atoms with Gasteiger partial charge in [-0.3, -0.25) is 4.79 Å². The van der Waals surface area contributed by atoms with Gasteiger partial charge < -0.3 is 18.8 Å². The second-order valence-corrected chi connectivity index (χ2v) is 6.14. The third-order valence-corrected chi connectivity index (χ3v) is 3.68. The van der Waals surface area contributed by atoms with Gasteiger partial charge in [0.2, 0.25) is 0 Å². The van der Waals surface area contributed by atoms with Gasteiger partial charge in [0.15, 0.2) is 11.5 Å². The minimum atomic E-state index is -0.0987. The normalized spacial score (nSPS) is 10.7.